The lowest BCUT2D eigenvalue weighted by atomic mass is 10.1. The molecule has 5 nitrogen and oxygen atoms in total. The highest BCUT2D eigenvalue weighted by Crippen LogP contribution is 2.25. The van der Waals surface area contributed by atoms with Crippen LogP contribution in [-0.2, 0) is 0 Å². The van der Waals surface area contributed by atoms with Crippen LogP contribution in [0.3, 0.4) is 0 Å². The van der Waals surface area contributed by atoms with Gasteiger partial charge in [-0.15, -0.1) is 0 Å². The number of carbonyl (C=O) groups excluding carboxylic acids is 1. The second-order valence-electron chi connectivity index (χ2n) is 6.01. The monoisotopic (exact) mass is 355 g/mol. The number of para-hydroxylation sites is 1. The topological polar surface area (TPSA) is 54.5 Å². The number of amides is 2. The maximum absolute atomic E-state index is 12.3. The molecule has 3 aromatic rings. The molecule has 1 aromatic heterocycles. The van der Waals surface area contributed by atoms with Gasteiger partial charge in [0.25, 0.3) is 0 Å². The molecule has 0 bridgehead atoms. The molecule has 0 aliphatic heterocycles. The fourth-order valence-electron chi connectivity index (χ4n) is 2.53. The van der Waals surface area contributed by atoms with Crippen LogP contribution in [0.4, 0.5) is 9.93 Å². The van der Waals surface area contributed by atoms with Crippen molar-refractivity contribution < 1.29 is 9.53 Å². The molecule has 0 radical (unpaired) electrons. The number of thiazole rings is 1. The van der Waals surface area contributed by atoms with Gasteiger partial charge < -0.3 is 9.64 Å². The van der Waals surface area contributed by atoms with Crippen LogP contribution in [0.5, 0.6) is 5.75 Å². The van der Waals surface area contributed by atoms with Crippen LogP contribution >= 0.6 is 11.3 Å². The largest absolute Gasteiger partial charge is 0.492 e. The molecule has 0 unspecified atom stereocenters. The minimum atomic E-state index is -0.192. The number of aromatic nitrogens is 1. The van der Waals surface area contributed by atoms with Gasteiger partial charge in [-0.2, -0.15) is 0 Å². The Labute approximate surface area is 151 Å². The van der Waals surface area contributed by atoms with Crippen LogP contribution in [0.15, 0.2) is 42.5 Å². The number of urea groups is 1. The van der Waals surface area contributed by atoms with Gasteiger partial charge >= 0.3 is 6.03 Å². The summed E-state index contributed by atoms with van der Waals surface area (Å²) >= 11 is 1.47. The number of likely N-dealkylation sites (N-methyl/N-ethyl adjacent to an activating group) is 1. The number of nitrogens with one attached hydrogen (secondary N) is 1. The van der Waals surface area contributed by atoms with Crippen molar-refractivity contribution in [1.82, 2.24) is 9.88 Å². The number of fused-ring (bicyclic) bond motifs is 1. The number of aryl methyl sites for hydroxylation is 2. The molecule has 0 aliphatic carbocycles. The van der Waals surface area contributed by atoms with Crippen molar-refractivity contribution >= 4 is 32.7 Å². The van der Waals surface area contributed by atoms with E-state index in [1.807, 2.05) is 50.2 Å². The van der Waals surface area contributed by atoms with Crippen LogP contribution in [0.1, 0.15) is 11.1 Å². The van der Waals surface area contributed by atoms with Gasteiger partial charge in [-0.3, -0.25) is 5.32 Å². The van der Waals surface area contributed by atoms with Gasteiger partial charge in [-0.1, -0.05) is 29.5 Å². The SMILES string of the molecule is Cc1cc(C)cc(OCCN(C)C(=O)Nc2nc3ccccc3s2)c1. The van der Waals surface area contributed by atoms with Crippen molar-refractivity contribution in [3.8, 4) is 5.75 Å². The van der Waals surface area contributed by atoms with Gasteiger partial charge in [0.1, 0.15) is 12.4 Å². The molecule has 2 aromatic carbocycles. The van der Waals surface area contributed by atoms with E-state index >= 15 is 0 Å². The molecule has 0 atom stereocenters. The van der Waals surface area contributed by atoms with E-state index in [9.17, 15) is 4.79 Å². The van der Waals surface area contributed by atoms with Crippen LogP contribution in [0.25, 0.3) is 10.2 Å². The molecule has 25 heavy (non-hydrogen) atoms. The molecule has 0 spiro atoms. The summed E-state index contributed by atoms with van der Waals surface area (Å²) in [5.41, 5.74) is 3.22. The number of benzene rings is 2. The Bertz CT molecular complexity index is 838. The van der Waals surface area contributed by atoms with Gasteiger partial charge in [0.2, 0.25) is 0 Å². The van der Waals surface area contributed by atoms with Crippen molar-refractivity contribution in [1.29, 1.82) is 0 Å². The van der Waals surface area contributed by atoms with Gasteiger partial charge in [0, 0.05) is 7.05 Å². The van der Waals surface area contributed by atoms with Crippen molar-refractivity contribution in [2.75, 3.05) is 25.5 Å². The highest BCUT2D eigenvalue weighted by atomic mass is 32.1. The summed E-state index contributed by atoms with van der Waals surface area (Å²) in [6.45, 7) is 5.01. The summed E-state index contributed by atoms with van der Waals surface area (Å²) in [4.78, 5) is 18.3. The number of hydrogen-bond acceptors (Lipinski definition) is 4. The molecule has 1 N–H and O–H groups in total. The highest BCUT2D eigenvalue weighted by molar-refractivity contribution is 7.22. The third-order valence-corrected chi connectivity index (χ3v) is 4.70. The van der Waals surface area contributed by atoms with Crippen molar-refractivity contribution in [3.63, 3.8) is 0 Å². The smallest absolute Gasteiger partial charge is 0.323 e. The Morgan fingerprint density at radius 2 is 1.92 bits per heavy atom. The Morgan fingerprint density at radius 1 is 1.20 bits per heavy atom. The number of hydrogen-bond donors (Lipinski definition) is 1. The molecule has 0 fully saturated rings. The van der Waals surface area contributed by atoms with E-state index in [0.29, 0.717) is 18.3 Å². The number of ether oxygens (including phenoxy) is 1. The van der Waals surface area contributed by atoms with E-state index in [0.717, 1.165) is 27.1 Å². The van der Waals surface area contributed by atoms with Crippen LogP contribution in [-0.4, -0.2) is 36.1 Å². The Balaban J connectivity index is 1.52. The second-order valence-corrected chi connectivity index (χ2v) is 7.04. The number of nitrogens with zero attached hydrogens (tertiary/aromatic N) is 2. The first kappa shape index (κ1) is 17.2. The summed E-state index contributed by atoms with van der Waals surface area (Å²) in [5, 5.41) is 3.44. The molecule has 130 valence electrons. The zero-order valence-electron chi connectivity index (χ0n) is 14.6. The van der Waals surface area contributed by atoms with Gasteiger partial charge in [-0.05, 0) is 49.2 Å². The molecule has 1 heterocycles. The Morgan fingerprint density at radius 3 is 2.64 bits per heavy atom. The third-order valence-electron chi connectivity index (χ3n) is 3.75. The molecule has 0 aliphatic rings. The lowest BCUT2D eigenvalue weighted by molar-refractivity contribution is 0.207. The summed E-state index contributed by atoms with van der Waals surface area (Å²) in [5.74, 6) is 0.831. The van der Waals surface area contributed by atoms with E-state index in [2.05, 4.69) is 16.4 Å². The predicted molar refractivity (Wildman–Crippen MR) is 103 cm³/mol. The number of rotatable bonds is 5. The molecule has 6 heteroatoms. The van der Waals surface area contributed by atoms with E-state index in [1.54, 1.807) is 11.9 Å². The Kier molecular flexibility index (Phi) is 5.19. The number of carbonyl (C=O) groups is 1. The zero-order chi connectivity index (χ0) is 17.8. The minimum absolute atomic E-state index is 0.192. The molecule has 0 saturated heterocycles. The van der Waals surface area contributed by atoms with Crippen LogP contribution in [0, 0.1) is 13.8 Å². The summed E-state index contributed by atoms with van der Waals surface area (Å²) < 4.78 is 6.81. The van der Waals surface area contributed by atoms with E-state index < -0.39 is 0 Å². The molecular formula is C19H21N3O2S. The molecule has 2 amide bonds. The summed E-state index contributed by atoms with van der Waals surface area (Å²) in [6.07, 6.45) is 0. The van der Waals surface area contributed by atoms with E-state index in [1.165, 1.54) is 11.3 Å². The first-order chi connectivity index (χ1) is 12.0. The lowest BCUT2D eigenvalue weighted by Gasteiger charge is -2.17. The Hall–Kier alpha value is -2.60. The maximum Gasteiger partial charge on any atom is 0.323 e. The summed E-state index contributed by atoms with van der Waals surface area (Å²) in [6, 6.07) is 13.7. The normalized spacial score (nSPS) is 10.7. The predicted octanol–water partition coefficient (Wildman–Crippen LogP) is 4.46. The number of anilines is 1. The fourth-order valence-corrected chi connectivity index (χ4v) is 3.39. The molecular weight excluding hydrogens is 334 g/mol. The van der Waals surface area contributed by atoms with Crippen molar-refractivity contribution in [2.24, 2.45) is 0 Å². The second kappa shape index (κ2) is 7.53. The quantitative estimate of drug-likeness (QED) is 0.735. The van der Waals surface area contributed by atoms with E-state index in [-0.39, 0.29) is 6.03 Å². The van der Waals surface area contributed by atoms with Gasteiger partial charge in [-0.25, -0.2) is 9.78 Å². The zero-order valence-corrected chi connectivity index (χ0v) is 15.4. The first-order valence-corrected chi connectivity index (χ1v) is 8.92. The molecule has 0 saturated carbocycles. The minimum Gasteiger partial charge on any atom is -0.492 e. The van der Waals surface area contributed by atoms with Gasteiger partial charge in [0.05, 0.1) is 16.8 Å². The average Bonchev–Trinajstić information content (AvgIpc) is 2.96. The van der Waals surface area contributed by atoms with Gasteiger partial charge in [0.15, 0.2) is 5.13 Å². The maximum atomic E-state index is 12.3. The third kappa shape index (κ3) is 4.48. The lowest BCUT2D eigenvalue weighted by Crippen LogP contribution is -2.34. The fraction of sp³-hybridized carbons (Fsp3) is 0.263. The standard InChI is InChI=1S/C19H21N3O2S/c1-13-10-14(2)12-15(11-13)24-9-8-22(3)19(23)21-18-20-16-6-4-5-7-17(16)25-18/h4-7,10-12H,8-9H2,1-3H3,(H,20,21,23). The highest BCUT2D eigenvalue weighted by Gasteiger charge is 2.12. The molecule has 3 rings (SSSR count). The van der Waals surface area contributed by atoms with Crippen molar-refractivity contribution in [3.05, 3.63) is 53.6 Å². The summed E-state index contributed by atoms with van der Waals surface area (Å²) in [7, 11) is 1.74. The van der Waals surface area contributed by atoms with E-state index in [4.69, 9.17) is 4.74 Å². The first-order valence-electron chi connectivity index (χ1n) is 8.10. The average molecular weight is 355 g/mol. The van der Waals surface area contributed by atoms with Crippen LogP contribution < -0.4 is 10.1 Å². The van der Waals surface area contributed by atoms with Crippen LogP contribution in [0.2, 0.25) is 0 Å². The van der Waals surface area contributed by atoms with Crippen molar-refractivity contribution in [2.45, 2.75) is 13.8 Å².